The van der Waals surface area contributed by atoms with Gasteiger partial charge >= 0.3 is 0 Å². The molecule has 0 aromatic heterocycles. The molecule has 3 atom stereocenters. The SMILES string of the molecule is COc1ccc(C(=O)N2CCCC2)cc1NC(=O)C1CC2C=CC1C2. The summed E-state index contributed by atoms with van der Waals surface area (Å²) < 4.78 is 5.38. The highest BCUT2D eigenvalue weighted by Crippen LogP contribution is 2.44. The molecule has 3 aliphatic rings. The smallest absolute Gasteiger partial charge is 0.253 e. The van der Waals surface area contributed by atoms with Gasteiger partial charge in [0.2, 0.25) is 5.91 Å². The summed E-state index contributed by atoms with van der Waals surface area (Å²) in [6, 6.07) is 5.29. The largest absolute Gasteiger partial charge is 0.495 e. The van der Waals surface area contributed by atoms with Crippen LogP contribution in [0.4, 0.5) is 5.69 Å². The van der Waals surface area contributed by atoms with Gasteiger partial charge in [0.05, 0.1) is 12.8 Å². The maximum Gasteiger partial charge on any atom is 0.253 e. The fourth-order valence-electron chi connectivity index (χ4n) is 4.35. The molecule has 5 heteroatoms. The van der Waals surface area contributed by atoms with Gasteiger partial charge in [0.1, 0.15) is 5.75 Å². The van der Waals surface area contributed by atoms with E-state index in [0.29, 0.717) is 28.8 Å². The van der Waals surface area contributed by atoms with Gasteiger partial charge < -0.3 is 15.0 Å². The predicted octanol–water partition coefficient (Wildman–Crippen LogP) is 3.08. The van der Waals surface area contributed by atoms with E-state index in [9.17, 15) is 9.59 Å². The average molecular weight is 340 g/mol. The molecule has 2 bridgehead atoms. The van der Waals surface area contributed by atoms with Crippen LogP contribution >= 0.6 is 0 Å². The van der Waals surface area contributed by atoms with Crippen LogP contribution in [-0.4, -0.2) is 36.9 Å². The third-order valence-corrected chi connectivity index (χ3v) is 5.71. The van der Waals surface area contributed by atoms with E-state index in [4.69, 9.17) is 4.74 Å². The minimum absolute atomic E-state index is 0.0256. The molecule has 5 nitrogen and oxygen atoms in total. The second-order valence-corrected chi connectivity index (χ2v) is 7.29. The molecule has 2 fully saturated rings. The lowest BCUT2D eigenvalue weighted by Gasteiger charge is -2.20. The van der Waals surface area contributed by atoms with Gasteiger partial charge in [0.25, 0.3) is 5.91 Å². The third-order valence-electron chi connectivity index (χ3n) is 5.71. The summed E-state index contributed by atoms with van der Waals surface area (Å²) in [6.07, 6.45) is 8.52. The first kappa shape index (κ1) is 16.2. The summed E-state index contributed by atoms with van der Waals surface area (Å²) in [7, 11) is 1.58. The van der Waals surface area contributed by atoms with Crippen molar-refractivity contribution in [3.05, 3.63) is 35.9 Å². The Morgan fingerprint density at radius 3 is 2.60 bits per heavy atom. The van der Waals surface area contributed by atoms with Crippen molar-refractivity contribution >= 4 is 17.5 Å². The lowest BCUT2D eigenvalue weighted by Crippen LogP contribution is -2.28. The van der Waals surface area contributed by atoms with Gasteiger partial charge in [-0.3, -0.25) is 9.59 Å². The lowest BCUT2D eigenvalue weighted by atomic mass is 9.92. The number of methoxy groups -OCH3 is 1. The number of amides is 2. The Labute approximate surface area is 148 Å². The van der Waals surface area contributed by atoms with E-state index in [1.807, 2.05) is 4.90 Å². The topological polar surface area (TPSA) is 58.6 Å². The lowest BCUT2D eigenvalue weighted by molar-refractivity contribution is -0.120. The molecule has 2 amide bonds. The summed E-state index contributed by atoms with van der Waals surface area (Å²) in [5.74, 6) is 1.57. The summed E-state index contributed by atoms with van der Waals surface area (Å²) in [4.78, 5) is 27.2. The first-order valence-electron chi connectivity index (χ1n) is 9.12. The van der Waals surface area contributed by atoms with E-state index in [-0.39, 0.29) is 17.7 Å². The van der Waals surface area contributed by atoms with Crippen molar-refractivity contribution < 1.29 is 14.3 Å². The quantitative estimate of drug-likeness (QED) is 0.857. The van der Waals surface area contributed by atoms with Gasteiger partial charge in [-0.05, 0) is 55.7 Å². The van der Waals surface area contributed by atoms with Crippen LogP contribution in [0.25, 0.3) is 0 Å². The standard InChI is InChI=1S/C20H24N2O3/c1-25-18-7-6-15(20(24)22-8-2-3-9-22)12-17(18)21-19(23)16-11-13-4-5-14(16)10-13/h4-7,12-14,16H,2-3,8-11H2,1H3,(H,21,23). The van der Waals surface area contributed by atoms with Crippen molar-refractivity contribution in [3.63, 3.8) is 0 Å². The first-order valence-corrected chi connectivity index (χ1v) is 9.12. The molecule has 1 aromatic carbocycles. The summed E-state index contributed by atoms with van der Waals surface area (Å²) in [5, 5.41) is 3.01. The van der Waals surface area contributed by atoms with E-state index in [0.717, 1.165) is 38.8 Å². The number of benzene rings is 1. The van der Waals surface area contributed by atoms with Crippen molar-refractivity contribution in [1.82, 2.24) is 4.90 Å². The highest BCUT2D eigenvalue weighted by atomic mass is 16.5. The average Bonchev–Trinajstić information content (AvgIpc) is 3.38. The fourth-order valence-corrected chi connectivity index (χ4v) is 4.35. The molecule has 1 saturated carbocycles. The number of anilines is 1. The molecule has 2 aliphatic carbocycles. The number of ether oxygens (including phenoxy) is 1. The van der Waals surface area contributed by atoms with Crippen molar-refractivity contribution in [2.45, 2.75) is 25.7 Å². The number of nitrogens with zero attached hydrogens (tertiary/aromatic N) is 1. The Kier molecular flexibility index (Phi) is 4.24. The Bertz CT molecular complexity index is 722. The molecular weight excluding hydrogens is 316 g/mol. The van der Waals surface area contributed by atoms with Gasteiger partial charge in [-0.15, -0.1) is 0 Å². The number of hydrogen-bond donors (Lipinski definition) is 1. The second kappa shape index (κ2) is 6.54. The molecule has 1 aromatic rings. The first-order chi connectivity index (χ1) is 12.2. The summed E-state index contributed by atoms with van der Waals surface area (Å²) in [5.41, 5.74) is 1.19. The van der Waals surface area contributed by atoms with Gasteiger partial charge in [0, 0.05) is 24.6 Å². The van der Waals surface area contributed by atoms with Crippen molar-refractivity contribution in [3.8, 4) is 5.75 Å². The zero-order valence-electron chi connectivity index (χ0n) is 14.5. The Morgan fingerprint density at radius 2 is 1.96 bits per heavy atom. The van der Waals surface area contributed by atoms with E-state index < -0.39 is 0 Å². The van der Waals surface area contributed by atoms with Crippen LogP contribution in [0.1, 0.15) is 36.0 Å². The van der Waals surface area contributed by atoms with Crippen molar-refractivity contribution in [2.75, 3.05) is 25.5 Å². The number of carbonyl (C=O) groups excluding carboxylic acids is 2. The third kappa shape index (κ3) is 3.03. The molecule has 0 radical (unpaired) electrons. The highest BCUT2D eigenvalue weighted by Gasteiger charge is 2.40. The molecule has 1 N–H and O–H groups in total. The fraction of sp³-hybridized carbons (Fsp3) is 0.500. The Balaban J connectivity index is 1.53. The van der Waals surface area contributed by atoms with Crippen LogP contribution in [0.2, 0.25) is 0 Å². The Morgan fingerprint density at radius 1 is 1.16 bits per heavy atom. The molecule has 1 saturated heterocycles. The zero-order valence-corrected chi connectivity index (χ0v) is 14.5. The number of allylic oxidation sites excluding steroid dienone is 2. The molecule has 132 valence electrons. The van der Waals surface area contributed by atoms with E-state index in [2.05, 4.69) is 17.5 Å². The van der Waals surface area contributed by atoms with Crippen LogP contribution in [0.15, 0.2) is 30.4 Å². The normalized spacial score (nSPS) is 26.9. The molecular formula is C20H24N2O3. The number of likely N-dealkylation sites (tertiary alicyclic amines) is 1. The molecule has 1 heterocycles. The zero-order chi connectivity index (χ0) is 17.4. The predicted molar refractivity (Wildman–Crippen MR) is 95.6 cm³/mol. The summed E-state index contributed by atoms with van der Waals surface area (Å²) >= 11 is 0. The van der Waals surface area contributed by atoms with E-state index in [1.54, 1.807) is 25.3 Å². The minimum Gasteiger partial charge on any atom is -0.495 e. The maximum atomic E-state index is 12.7. The number of fused-ring (bicyclic) bond motifs is 2. The van der Waals surface area contributed by atoms with Crippen LogP contribution in [-0.2, 0) is 4.79 Å². The van der Waals surface area contributed by atoms with Crippen LogP contribution < -0.4 is 10.1 Å². The molecule has 3 unspecified atom stereocenters. The van der Waals surface area contributed by atoms with Gasteiger partial charge in [-0.25, -0.2) is 0 Å². The van der Waals surface area contributed by atoms with Gasteiger partial charge in [-0.1, -0.05) is 12.2 Å². The number of carbonyl (C=O) groups is 2. The second-order valence-electron chi connectivity index (χ2n) is 7.29. The minimum atomic E-state index is 0.0256. The van der Waals surface area contributed by atoms with Gasteiger partial charge in [-0.2, -0.15) is 0 Å². The molecule has 4 rings (SSSR count). The number of nitrogens with one attached hydrogen (secondary N) is 1. The Hall–Kier alpha value is -2.30. The van der Waals surface area contributed by atoms with Crippen molar-refractivity contribution in [1.29, 1.82) is 0 Å². The van der Waals surface area contributed by atoms with E-state index in [1.165, 1.54) is 0 Å². The van der Waals surface area contributed by atoms with Crippen LogP contribution in [0, 0.1) is 17.8 Å². The van der Waals surface area contributed by atoms with Crippen molar-refractivity contribution in [2.24, 2.45) is 17.8 Å². The van der Waals surface area contributed by atoms with Crippen LogP contribution in [0.3, 0.4) is 0 Å². The number of rotatable bonds is 4. The van der Waals surface area contributed by atoms with Crippen LogP contribution in [0.5, 0.6) is 5.75 Å². The maximum absolute atomic E-state index is 12.7. The molecule has 0 spiro atoms. The monoisotopic (exact) mass is 340 g/mol. The highest BCUT2D eigenvalue weighted by molar-refractivity contribution is 5.99. The molecule has 25 heavy (non-hydrogen) atoms. The summed E-state index contributed by atoms with van der Waals surface area (Å²) in [6.45, 7) is 1.62. The van der Waals surface area contributed by atoms with Gasteiger partial charge in [0.15, 0.2) is 0 Å². The number of hydrogen-bond acceptors (Lipinski definition) is 3. The van der Waals surface area contributed by atoms with E-state index >= 15 is 0 Å². The molecule has 1 aliphatic heterocycles.